The van der Waals surface area contributed by atoms with Crippen molar-refractivity contribution in [3.8, 4) is 5.75 Å². The van der Waals surface area contributed by atoms with Crippen LogP contribution in [0.2, 0.25) is 0 Å². The molecule has 126 valence electrons. The van der Waals surface area contributed by atoms with Crippen LogP contribution in [-0.4, -0.2) is 40.0 Å². The monoisotopic (exact) mass is 325 g/mol. The molecule has 0 aliphatic heterocycles. The lowest BCUT2D eigenvalue weighted by atomic mass is 10.2. The van der Waals surface area contributed by atoms with Crippen LogP contribution in [0.5, 0.6) is 5.75 Å². The van der Waals surface area contributed by atoms with Crippen molar-refractivity contribution >= 4 is 11.3 Å². The molecule has 0 saturated carbocycles. The highest BCUT2D eigenvalue weighted by molar-refractivity contribution is 5.67. The Balaban J connectivity index is 1.66. The first-order chi connectivity index (χ1) is 11.7. The van der Waals surface area contributed by atoms with Gasteiger partial charge in [-0.15, -0.1) is 10.2 Å². The van der Waals surface area contributed by atoms with E-state index in [4.69, 9.17) is 4.74 Å². The maximum atomic E-state index is 5.85. The van der Waals surface area contributed by atoms with E-state index in [2.05, 4.69) is 52.2 Å². The van der Waals surface area contributed by atoms with E-state index in [-0.39, 0.29) is 0 Å². The predicted octanol–water partition coefficient (Wildman–Crippen LogP) is 2.76. The van der Waals surface area contributed by atoms with Crippen LogP contribution in [0.1, 0.15) is 25.1 Å². The Bertz CT molecular complexity index is 797. The highest BCUT2D eigenvalue weighted by atomic mass is 16.5. The quantitative estimate of drug-likeness (QED) is 0.668. The van der Waals surface area contributed by atoms with Crippen molar-refractivity contribution in [2.45, 2.75) is 26.7 Å². The van der Waals surface area contributed by atoms with E-state index in [0.29, 0.717) is 6.61 Å². The Morgan fingerprint density at radius 3 is 2.62 bits per heavy atom. The molecule has 0 radical (unpaired) electrons. The van der Waals surface area contributed by atoms with Gasteiger partial charge in [0.05, 0.1) is 17.9 Å². The number of hydrogen-bond donors (Lipinski definition) is 0. The summed E-state index contributed by atoms with van der Waals surface area (Å²) in [5.41, 5.74) is 4.11. The second-order valence-electron chi connectivity index (χ2n) is 5.74. The van der Waals surface area contributed by atoms with Crippen LogP contribution in [0.4, 0.5) is 5.69 Å². The molecule has 0 N–H and O–H groups in total. The van der Waals surface area contributed by atoms with Gasteiger partial charge in [0.15, 0.2) is 0 Å². The van der Waals surface area contributed by atoms with E-state index in [1.165, 1.54) is 5.56 Å². The molecule has 0 unspecified atom stereocenters. The van der Waals surface area contributed by atoms with E-state index in [1.54, 1.807) is 10.8 Å². The molecule has 0 spiro atoms. The smallest absolute Gasteiger partial charge is 0.200 e. The number of aromatic nitrogens is 4. The fourth-order valence-electron chi connectivity index (χ4n) is 2.56. The Kier molecular flexibility index (Phi) is 4.93. The lowest BCUT2D eigenvalue weighted by Gasteiger charge is -2.20. The minimum absolute atomic E-state index is 0.603. The summed E-state index contributed by atoms with van der Waals surface area (Å²) in [7, 11) is 2.03. The number of nitrogens with zero attached hydrogens (tertiary/aromatic N) is 5. The molecule has 6 heteroatoms. The number of fused-ring (bicyclic) bond motifs is 1. The minimum Gasteiger partial charge on any atom is -0.492 e. The van der Waals surface area contributed by atoms with Gasteiger partial charge in [-0.1, -0.05) is 26.0 Å². The Labute approximate surface area is 142 Å². The molecule has 0 saturated heterocycles. The molecule has 0 fully saturated rings. The van der Waals surface area contributed by atoms with Crippen LogP contribution in [0, 0.1) is 0 Å². The third-order valence-corrected chi connectivity index (χ3v) is 4.10. The van der Waals surface area contributed by atoms with Crippen LogP contribution < -0.4 is 9.64 Å². The third-order valence-electron chi connectivity index (χ3n) is 4.10. The molecular formula is C18H23N5O. The molecule has 2 heterocycles. The fraction of sp³-hybridized carbons (Fsp3) is 0.389. The summed E-state index contributed by atoms with van der Waals surface area (Å²) in [5, 5.41) is 12.6. The summed E-state index contributed by atoms with van der Waals surface area (Å²) in [6.07, 6.45) is 3.55. The zero-order valence-electron chi connectivity index (χ0n) is 14.4. The zero-order valence-corrected chi connectivity index (χ0v) is 14.4. The van der Waals surface area contributed by atoms with Crippen LogP contribution in [0.25, 0.3) is 5.65 Å². The molecule has 0 bridgehead atoms. The Hall–Kier alpha value is -2.63. The molecule has 2 aromatic heterocycles. The molecule has 6 nitrogen and oxygen atoms in total. The summed E-state index contributed by atoms with van der Waals surface area (Å²) >= 11 is 0. The molecule has 24 heavy (non-hydrogen) atoms. The predicted molar refractivity (Wildman–Crippen MR) is 94.7 cm³/mol. The van der Waals surface area contributed by atoms with E-state index in [0.717, 1.165) is 42.2 Å². The van der Waals surface area contributed by atoms with Gasteiger partial charge in [0.25, 0.3) is 0 Å². The minimum atomic E-state index is 0.603. The number of aryl methyl sites for hydroxylation is 2. The van der Waals surface area contributed by atoms with Crippen LogP contribution >= 0.6 is 0 Å². The number of anilines is 1. The molecule has 3 rings (SSSR count). The van der Waals surface area contributed by atoms with Crippen molar-refractivity contribution in [3.05, 3.63) is 47.9 Å². The van der Waals surface area contributed by atoms with Gasteiger partial charge in [-0.2, -0.15) is 9.61 Å². The normalized spacial score (nSPS) is 11.0. The summed E-state index contributed by atoms with van der Waals surface area (Å²) in [6, 6.07) is 10.3. The standard InChI is InChI=1S/C18H23N5O/c1-4-14-6-8-16(9-7-14)24-11-10-22(3)17-12-15(5-2)21-23-13-19-20-18(17)23/h6-9,12-13H,4-5,10-11H2,1-3H3. The summed E-state index contributed by atoms with van der Waals surface area (Å²) in [6.45, 7) is 5.60. The van der Waals surface area contributed by atoms with E-state index in [9.17, 15) is 0 Å². The largest absolute Gasteiger partial charge is 0.492 e. The highest BCUT2D eigenvalue weighted by Crippen LogP contribution is 2.19. The lowest BCUT2D eigenvalue weighted by Crippen LogP contribution is -2.25. The molecule has 0 aliphatic rings. The Morgan fingerprint density at radius 2 is 1.92 bits per heavy atom. The number of ether oxygens (including phenoxy) is 1. The van der Waals surface area contributed by atoms with E-state index in [1.807, 2.05) is 19.2 Å². The maximum absolute atomic E-state index is 5.85. The van der Waals surface area contributed by atoms with E-state index >= 15 is 0 Å². The van der Waals surface area contributed by atoms with Gasteiger partial charge in [0, 0.05) is 7.05 Å². The molecule has 0 atom stereocenters. The SMILES string of the molecule is CCc1ccc(OCCN(C)c2cc(CC)nn3cnnc23)cc1. The fourth-order valence-corrected chi connectivity index (χ4v) is 2.56. The highest BCUT2D eigenvalue weighted by Gasteiger charge is 2.11. The van der Waals surface area contributed by atoms with Gasteiger partial charge in [-0.3, -0.25) is 0 Å². The topological polar surface area (TPSA) is 55.5 Å². The van der Waals surface area contributed by atoms with Gasteiger partial charge in [0.2, 0.25) is 5.65 Å². The van der Waals surface area contributed by atoms with Crippen LogP contribution in [0.15, 0.2) is 36.7 Å². The molecule has 0 aliphatic carbocycles. The third kappa shape index (κ3) is 3.48. The number of benzene rings is 1. The average Bonchev–Trinajstić information content (AvgIpc) is 3.09. The van der Waals surface area contributed by atoms with Crippen LogP contribution in [0.3, 0.4) is 0 Å². The number of likely N-dealkylation sites (N-methyl/N-ethyl adjacent to an activating group) is 1. The average molecular weight is 325 g/mol. The Morgan fingerprint density at radius 1 is 1.12 bits per heavy atom. The van der Waals surface area contributed by atoms with Crippen molar-refractivity contribution < 1.29 is 4.74 Å². The van der Waals surface area contributed by atoms with Crippen molar-refractivity contribution in [2.24, 2.45) is 0 Å². The number of hydrogen-bond acceptors (Lipinski definition) is 5. The molecule has 1 aromatic carbocycles. The van der Waals surface area contributed by atoms with Crippen molar-refractivity contribution in [2.75, 3.05) is 25.1 Å². The number of rotatable bonds is 7. The zero-order chi connectivity index (χ0) is 16.9. The molecular weight excluding hydrogens is 302 g/mol. The van der Waals surface area contributed by atoms with E-state index < -0.39 is 0 Å². The summed E-state index contributed by atoms with van der Waals surface area (Å²) in [5.74, 6) is 0.900. The first-order valence-electron chi connectivity index (χ1n) is 8.34. The van der Waals surface area contributed by atoms with Crippen molar-refractivity contribution in [1.82, 2.24) is 19.8 Å². The van der Waals surface area contributed by atoms with Crippen molar-refractivity contribution in [3.63, 3.8) is 0 Å². The maximum Gasteiger partial charge on any atom is 0.200 e. The molecule has 0 amide bonds. The second-order valence-corrected chi connectivity index (χ2v) is 5.74. The van der Waals surface area contributed by atoms with Gasteiger partial charge in [-0.05, 0) is 36.6 Å². The first kappa shape index (κ1) is 16.2. The summed E-state index contributed by atoms with van der Waals surface area (Å²) in [4.78, 5) is 2.13. The lowest BCUT2D eigenvalue weighted by molar-refractivity contribution is 0.326. The second kappa shape index (κ2) is 7.29. The van der Waals surface area contributed by atoms with Gasteiger partial charge < -0.3 is 9.64 Å². The van der Waals surface area contributed by atoms with Gasteiger partial charge >= 0.3 is 0 Å². The van der Waals surface area contributed by atoms with Crippen LogP contribution in [-0.2, 0) is 12.8 Å². The van der Waals surface area contributed by atoms with Gasteiger partial charge in [-0.25, -0.2) is 0 Å². The first-order valence-corrected chi connectivity index (χ1v) is 8.34. The van der Waals surface area contributed by atoms with Gasteiger partial charge in [0.1, 0.15) is 18.7 Å². The summed E-state index contributed by atoms with van der Waals surface area (Å²) < 4.78 is 7.58. The molecule has 3 aromatic rings. The van der Waals surface area contributed by atoms with Crippen molar-refractivity contribution in [1.29, 1.82) is 0 Å².